The van der Waals surface area contributed by atoms with E-state index in [0.717, 1.165) is 90.9 Å². The molecule has 2 aromatic heterocycles. The minimum absolute atomic E-state index is 0.0277. The van der Waals surface area contributed by atoms with Crippen LogP contribution in [0, 0.1) is 0 Å². The fourth-order valence-corrected chi connectivity index (χ4v) is 10.1. The van der Waals surface area contributed by atoms with E-state index in [1.165, 1.54) is 14.2 Å². The van der Waals surface area contributed by atoms with Gasteiger partial charge in [0.25, 0.3) is 11.8 Å². The number of aromatic amines is 1. The van der Waals surface area contributed by atoms with Gasteiger partial charge in [0, 0.05) is 47.9 Å². The van der Waals surface area contributed by atoms with Gasteiger partial charge in [-0.2, -0.15) is 0 Å². The summed E-state index contributed by atoms with van der Waals surface area (Å²) in [6, 6.07) is 27.1. The van der Waals surface area contributed by atoms with Crippen LogP contribution < -0.4 is 16.0 Å². The van der Waals surface area contributed by atoms with Crippen molar-refractivity contribution in [1.82, 2.24) is 40.7 Å². The van der Waals surface area contributed by atoms with Crippen molar-refractivity contribution in [3.63, 3.8) is 0 Å². The fraction of sp³-hybridized carbons (Fsp3) is 0.408. The fourth-order valence-electron chi connectivity index (χ4n) is 10.1. The van der Waals surface area contributed by atoms with Crippen molar-refractivity contribution in [3.05, 3.63) is 131 Å². The SMILES string of the molecule is COC(=O)N[C@@H](C(=O)N1CCC[C@H]1C1=NCC(c2ccc3nc(C4CCC(c5cnc([C@@H]6CCCN6C(=O)[C@H](NC(=O)OC)c6ccccc6)[nH]5)CC4)ccc3c2)N1)c1ccccc1. The van der Waals surface area contributed by atoms with E-state index in [1.807, 2.05) is 76.7 Å². The second-order valence-electron chi connectivity index (χ2n) is 17.2. The number of likely N-dealkylation sites (tertiary alicyclic amines) is 2. The van der Waals surface area contributed by atoms with Gasteiger partial charge in [-0.15, -0.1) is 0 Å². The Morgan fingerprint density at radius 2 is 1.30 bits per heavy atom. The molecule has 0 radical (unpaired) electrons. The lowest BCUT2D eigenvalue weighted by Gasteiger charge is -2.30. The van der Waals surface area contributed by atoms with Crippen molar-refractivity contribution in [2.75, 3.05) is 33.9 Å². The van der Waals surface area contributed by atoms with E-state index in [2.05, 4.69) is 51.3 Å². The molecule has 64 heavy (non-hydrogen) atoms. The average molecular weight is 866 g/mol. The van der Waals surface area contributed by atoms with Crippen molar-refractivity contribution < 1.29 is 28.7 Å². The summed E-state index contributed by atoms with van der Waals surface area (Å²) in [7, 11) is 2.59. The first-order chi connectivity index (χ1) is 31.3. The predicted molar refractivity (Wildman–Crippen MR) is 240 cm³/mol. The van der Waals surface area contributed by atoms with Crippen LogP contribution in [0.25, 0.3) is 10.9 Å². The number of alkyl carbamates (subject to hydrolysis) is 2. The van der Waals surface area contributed by atoms with Gasteiger partial charge in [-0.1, -0.05) is 72.8 Å². The summed E-state index contributed by atoms with van der Waals surface area (Å²) in [5, 5.41) is 10.2. The van der Waals surface area contributed by atoms with Crippen LogP contribution in [0.4, 0.5) is 9.59 Å². The molecule has 5 heterocycles. The van der Waals surface area contributed by atoms with Crippen LogP contribution >= 0.6 is 0 Å². The number of imidazole rings is 1. The first kappa shape index (κ1) is 42.5. The molecule has 5 aromatic rings. The van der Waals surface area contributed by atoms with Crippen LogP contribution in [0.3, 0.4) is 0 Å². The van der Waals surface area contributed by atoms with Gasteiger partial charge in [0.2, 0.25) is 0 Å². The van der Waals surface area contributed by atoms with Crippen LogP contribution in [-0.4, -0.2) is 94.5 Å². The van der Waals surface area contributed by atoms with E-state index in [4.69, 9.17) is 24.4 Å². The number of aromatic nitrogens is 3. The number of hydrogen-bond donors (Lipinski definition) is 4. The number of nitrogens with one attached hydrogen (secondary N) is 4. The minimum atomic E-state index is -0.863. The molecule has 3 fully saturated rings. The molecule has 3 aliphatic heterocycles. The van der Waals surface area contributed by atoms with E-state index in [1.54, 1.807) is 0 Å². The highest BCUT2D eigenvalue weighted by Gasteiger charge is 2.40. The maximum absolute atomic E-state index is 14.0. The third-order valence-corrected chi connectivity index (χ3v) is 13.5. The third kappa shape index (κ3) is 8.88. The molecule has 2 saturated heterocycles. The number of carbonyl (C=O) groups excluding carboxylic acids is 4. The van der Waals surface area contributed by atoms with Crippen LogP contribution in [0.5, 0.6) is 0 Å². The highest BCUT2D eigenvalue weighted by atomic mass is 16.5. The second kappa shape index (κ2) is 18.9. The number of fused-ring (bicyclic) bond motifs is 1. The summed E-state index contributed by atoms with van der Waals surface area (Å²) >= 11 is 0. The summed E-state index contributed by atoms with van der Waals surface area (Å²) in [5.74, 6) is 1.92. The molecule has 9 rings (SSSR count). The largest absolute Gasteiger partial charge is 0.453 e. The summed E-state index contributed by atoms with van der Waals surface area (Å²) in [5.41, 5.74) is 5.69. The number of hydrogen-bond acceptors (Lipinski definition) is 10. The molecule has 0 bridgehead atoms. The zero-order valence-corrected chi connectivity index (χ0v) is 36.2. The molecule has 4 amide bonds. The van der Waals surface area contributed by atoms with Gasteiger partial charge in [0.15, 0.2) is 0 Å². The number of methoxy groups -OCH3 is 2. The van der Waals surface area contributed by atoms with Crippen LogP contribution in [-0.2, 0) is 19.1 Å². The monoisotopic (exact) mass is 865 g/mol. The lowest BCUT2D eigenvalue weighted by atomic mass is 9.79. The van der Waals surface area contributed by atoms with Gasteiger partial charge in [-0.3, -0.25) is 19.6 Å². The Hall–Kier alpha value is -6.77. The molecule has 4 aliphatic rings. The smallest absolute Gasteiger partial charge is 0.407 e. The molecule has 5 atom stereocenters. The number of amides is 4. The number of carbonyl (C=O) groups is 4. The van der Waals surface area contributed by atoms with Crippen molar-refractivity contribution in [2.45, 2.75) is 93.4 Å². The molecule has 332 valence electrons. The topological polar surface area (TPSA) is 183 Å². The molecule has 1 aliphatic carbocycles. The Bertz CT molecular complexity index is 2510. The number of benzene rings is 3. The van der Waals surface area contributed by atoms with Gasteiger partial charge in [0.1, 0.15) is 23.7 Å². The highest BCUT2D eigenvalue weighted by Crippen LogP contribution is 2.41. The Balaban J connectivity index is 0.806. The first-order valence-electron chi connectivity index (χ1n) is 22.4. The van der Waals surface area contributed by atoms with Gasteiger partial charge in [-0.25, -0.2) is 14.6 Å². The molecule has 1 saturated carbocycles. The van der Waals surface area contributed by atoms with E-state index >= 15 is 0 Å². The van der Waals surface area contributed by atoms with Crippen molar-refractivity contribution in [3.8, 4) is 0 Å². The Labute approximate surface area is 372 Å². The maximum Gasteiger partial charge on any atom is 0.407 e. The minimum Gasteiger partial charge on any atom is -0.453 e. The summed E-state index contributed by atoms with van der Waals surface area (Å²) in [4.78, 5) is 74.6. The molecule has 1 unspecified atom stereocenters. The number of amidine groups is 1. The lowest BCUT2D eigenvalue weighted by molar-refractivity contribution is -0.135. The second-order valence-corrected chi connectivity index (χ2v) is 17.2. The van der Waals surface area contributed by atoms with E-state index in [0.29, 0.717) is 42.6 Å². The van der Waals surface area contributed by atoms with Gasteiger partial charge < -0.3 is 40.2 Å². The standard InChI is InChI=1S/C49H55N9O6/c1-63-48(61)55-42(32-11-5-3-6-12-32)46(59)57-25-9-15-40(57)44-50-28-38(53-44)31-19-17-30(18-20-31)36-23-21-34-27-35(22-24-37(34)52-36)39-29-51-45(54-39)41-16-10-26-58(41)47(60)43(56-49(62)64-2)33-13-7-4-8-14-33/h3-8,11-14,21-24,27-28,30-31,39-43H,9-10,15-20,25-26,29H2,1-2H3,(H,50,53)(H,51,54)(H,55,61)(H,56,62)/t30?,31?,39?,40-,41-,42+,43+/m0/s1. The molecule has 15 heteroatoms. The van der Waals surface area contributed by atoms with Gasteiger partial charge in [-0.05, 0) is 86.3 Å². The number of aliphatic imine (C=N–C) groups is 1. The van der Waals surface area contributed by atoms with Crippen LogP contribution in [0.2, 0.25) is 0 Å². The van der Waals surface area contributed by atoms with Gasteiger partial charge >= 0.3 is 12.2 Å². The van der Waals surface area contributed by atoms with Crippen molar-refractivity contribution in [1.29, 1.82) is 0 Å². The quantitative estimate of drug-likeness (QED) is 0.106. The van der Waals surface area contributed by atoms with Gasteiger partial charge in [0.05, 0.1) is 44.4 Å². The Kier molecular flexibility index (Phi) is 12.6. The summed E-state index contributed by atoms with van der Waals surface area (Å²) in [6.07, 6.45) is 7.94. The number of pyridine rings is 1. The molecule has 3 aromatic carbocycles. The summed E-state index contributed by atoms with van der Waals surface area (Å²) in [6.45, 7) is 1.73. The normalized spacial score (nSPS) is 22.9. The number of ether oxygens (including phenoxy) is 2. The average Bonchev–Trinajstić information content (AvgIpc) is 4.20. The van der Waals surface area contributed by atoms with Crippen LogP contribution in [0.15, 0.2) is 102 Å². The third-order valence-electron chi connectivity index (χ3n) is 13.5. The maximum atomic E-state index is 14.0. The highest BCUT2D eigenvalue weighted by molar-refractivity contribution is 5.96. The van der Waals surface area contributed by atoms with Crippen LogP contribution in [0.1, 0.15) is 121 Å². The van der Waals surface area contributed by atoms with E-state index < -0.39 is 24.3 Å². The van der Waals surface area contributed by atoms with Crippen molar-refractivity contribution in [2.24, 2.45) is 4.99 Å². The molecule has 15 nitrogen and oxygen atoms in total. The zero-order valence-electron chi connectivity index (χ0n) is 36.2. The number of nitrogens with zero attached hydrogens (tertiary/aromatic N) is 5. The Morgan fingerprint density at radius 3 is 1.92 bits per heavy atom. The molecular weight excluding hydrogens is 811 g/mol. The molecular formula is C49H55N9O6. The Morgan fingerprint density at radius 1 is 0.703 bits per heavy atom. The molecule has 0 spiro atoms. The lowest BCUT2D eigenvalue weighted by Crippen LogP contribution is -2.49. The van der Waals surface area contributed by atoms with Crippen molar-refractivity contribution >= 4 is 40.7 Å². The molecule has 4 N–H and O–H groups in total. The summed E-state index contributed by atoms with van der Waals surface area (Å²) < 4.78 is 9.71. The number of H-pyrrole nitrogens is 1. The first-order valence-corrected chi connectivity index (χ1v) is 22.4. The zero-order chi connectivity index (χ0) is 44.2. The number of rotatable bonds is 11. The predicted octanol–water partition coefficient (Wildman–Crippen LogP) is 7.29. The van der Waals surface area contributed by atoms with E-state index in [9.17, 15) is 19.2 Å². The van der Waals surface area contributed by atoms with E-state index in [-0.39, 0.29) is 29.9 Å².